The van der Waals surface area contributed by atoms with Crippen LogP contribution in [-0.2, 0) is 4.79 Å². The zero-order valence-electron chi connectivity index (χ0n) is 9.40. The van der Waals surface area contributed by atoms with Gasteiger partial charge in [-0.1, -0.05) is 6.92 Å². The van der Waals surface area contributed by atoms with Crippen LogP contribution in [0.3, 0.4) is 0 Å². The molecular formula is C10H21ClN2O2. The first-order valence-corrected chi connectivity index (χ1v) is 5.39. The smallest absolute Gasteiger partial charge is 0.239 e. The Morgan fingerprint density at radius 2 is 2.20 bits per heavy atom. The van der Waals surface area contributed by atoms with Gasteiger partial charge in [0.1, 0.15) is 0 Å². The molecule has 2 N–H and O–H groups in total. The molecule has 5 heteroatoms. The Bertz CT molecular complexity index is 196. The number of β-amino-alcohol motifs (C(OH)–C–C–N with tert-alkyl or cyclic N) is 1. The number of hydrogen-bond acceptors (Lipinski definition) is 3. The molecular weight excluding hydrogens is 216 g/mol. The number of carbonyl (C=O) groups excluding carboxylic acids is 1. The van der Waals surface area contributed by atoms with Gasteiger partial charge in [0, 0.05) is 19.6 Å². The van der Waals surface area contributed by atoms with Crippen molar-refractivity contribution >= 4 is 18.3 Å². The summed E-state index contributed by atoms with van der Waals surface area (Å²) < 4.78 is 0. The van der Waals surface area contributed by atoms with E-state index in [1.54, 1.807) is 0 Å². The standard InChI is InChI=1S/C10H20N2O2.ClH/c1-3-5-12(4-2)10(14)9-6-8(13)7-11-9;/h8-9,11,13H,3-7H2,1-2H3;1H/t8-,9-;/m1./s1. The van der Waals surface area contributed by atoms with Crippen molar-refractivity contribution in [3.8, 4) is 0 Å². The fourth-order valence-electron chi connectivity index (χ4n) is 1.82. The average molecular weight is 237 g/mol. The SMILES string of the molecule is CCCN(CC)C(=O)[C@H]1C[C@@H](O)CN1.Cl. The first-order valence-electron chi connectivity index (χ1n) is 5.39. The van der Waals surface area contributed by atoms with Crippen LogP contribution in [0.1, 0.15) is 26.7 Å². The van der Waals surface area contributed by atoms with E-state index < -0.39 is 0 Å². The molecule has 0 aromatic rings. The van der Waals surface area contributed by atoms with E-state index in [0.29, 0.717) is 13.0 Å². The predicted octanol–water partition coefficient (Wildman–Crippen LogP) is 0.389. The minimum absolute atomic E-state index is 0. The Kier molecular flexibility index (Phi) is 6.89. The summed E-state index contributed by atoms with van der Waals surface area (Å²) in [6, 6.07) is -0.170. The van der Waals surface area contributed by atoms with Crippen molar-refractivity contribution in [1.29, 1.82) is 0 Å². The third-order valence-electron chi connectivity index (χ3n) is 2.59. The van der Waals surface area contributed by atoms with Crippen LogP contribution < -0.4 is 5.32 Å². The number of halogens is 1. The van der Waals surface area contributed by atoms with E-state index in [1.165, 1.54) is 0 Å². The second-order valence-electron chi connectivity index (χ2n) is 3.77. The number of rotatable bonds is 4. The highest BCUT2D eigenvalue weighted by molar-refractivity contribution is 5.85. The summed E-state index contributed by atoms with van der Waals surface area (Å²) >= 11 is 0. The number of carbonyl (C=O) groups is 1. The molecule has 0 radical (unpaired) electrons. The lowest BCUT2D eigenvalue weighted by atomic mass is 10.2. The Morgan fingerprint density at radius 3 is 2.60 bits per heavy atom. The Morgan fingerprint density at radius 1 is 1.53 bits per heavy atom. The molecule has 1 aliphatic heterocycles. The Hall–Kier alpha value is -0.320. The summed E-state index contributed by atoms with van der Waals surface area (Å²) in [4.78, 5) is 13.7. The number of aliphatic hydroxyl groups excluding tert-OH is 1. The molecule has 1 rings (SSSR count). The van der Waals surface area contributed by atoms with E-state index in [4.69, 9.17) is 0 Å². The van der Waals surface area contributed by atoms with Crippen LogP contribution in [0.25, 0.3) is 0 Å². The number of likely N-dealkylation sites (N-methyl/N-ethyl adjacent to an activating group) is 1. The number of aliphatic hydroxyl groups is 1. The van der Waals surface area contributed by atoms with E-state index in [-0.39, 0.29) is 30.5 Å². The summed E-state index contributed by atoms with van der Waals surface area (Å²) in [5.74, 6) is 0.130. The zero-order chi connectivity index (χ0) is 10.6. The number of amides is 1. The van der Waals surface area contributed by atoms with Crippen molar-refractivity contribution in [3.63, 3.8) is 0 Å². The number of hydrogen-bond donors (Lipinski definition) is 2. The molecule has 0 aromatic heterocycles. The van der Waals surface area contributed by atoms with Gasteiger partial charge < -0.3 is 15.3 Å². The minimum atomic E-state index is -0.357. The first kappa shape index (κ1) is 14.7. The summed E-state index contributed by atoms with van der Waals surface area (Å²) in [6.45, 7) is 6.15. The average Bonchev–Trinajstić information content (AvgIpc) is 2.60. The van der Waals surface area contributed by atoms with Gasteiger partial charge in [0.05, 0.1) is 12.1 Å². The highest BCUT2D eigenvalue weighted by Crippen LogP contribution is 2.09. The predicted molar refractivity (Wildman–Crippen MR) is 62.2 cm³/mol. The van der Waals surface area contributed by atoms with E-state index >= 15 is 0 Å². The van der Waals surface area contributed by atoms with Gasteiger partial charge in [-0.3, -0.25) is 4.79 Å². The minimum Gasteiger partial charge on any atom is -0.392 e. The maximum atomic E-state index is 11.9. The molecule has 0 aliphatic carbocycles. The van der Waals surface area contributed by atoms with Crippen LogP contribution in [0, 0.1) is 0 Å². The van der Waals surface area contributed by atoms with E-state index in [1.807, 2.05) is 11.8 Å². The molecule has 2 atom stereocenters. The molecule has 1 saturated heterocycles. The van der Waals surface area contributed by atoms with Crippen LogP contribution >= 0.6 is 12.4 Å². The Balaban J connectivity index is 0.00000196. The molecule has 1 amide bonds. The lowest BCUT2D eigenvalue weighted by Gasteiger charge is -2.23. The fraction of sp³-hybridized carbons (Fsp3) is 0.900. The van der Waals surface area contributed by atoms with Crippen LogP contribution in [-0.4, -0.2) is 47.7 Å². The lowest BCUT2D eigenvalue weighted by Crippen LogP contribution is -2.43. The molecule has 15 heavy (non-hydrogen) atoms. The molecule has 1 fully saturated rings. The monoisotopic (exact) mass is 236 g/mol. The summed E-state index contributed by atoms with van der Waals surface area (Å²) in [7, 11) is 0. The van der Waals surface area contributed by atoms with Crippen molar-refractivity contribution in [1.82, 2.24) is 10.2 Å². The second kappa shape index (κ2) is 7.04. The van der Waals surface area contributed by atoms with Gasteiger partial charge in [-0.25, -0.2) is 0 Å². The van der Waals surface area contributed by atoms with Crippen molar-refractivity contribution in [2.45, 2.75) is 38.8 Å². The first-order chi connectivity index (χ1) is 6.69. The van der Waals surface area contributed by atoms with Gasteiger partial charge in [-0.15, -0.1) is 12.4 Å². The number of nitrogens with one attached hydrogen (secondary N) is 1. The summed E-state index contributed by atoms with van der Waals surface area (Å²) in [5, 5.41) is 12.3. The maximum absolute atomic E-state index is 11.9. The van der Waals surface area contributed by atoms with Crippen molar-refractivity contribution < 1.29 is 9.90 Å². The second-order valence-corrected chi connectivity index (χ2v) is 3.77. The Labute approximate surface area is 97.4 Å². The largest absolute Gasteiger partial charge is 0.392 e. The third-order valence-corrected chi connectivity index (χ3v) is 2.59. The van der Waals surface area contributed by atoms with Gasteiger partial charge in [0.2, 0.25) is 5.91 Å². The number of nitrogens with zero attached hydrogens (tertiary/aromatic N) is 1. The lowest BCUT2D eigenvalue weighted by molar-refractivity contribution is -0.133. The molecule has 0 bridgehead atoms. The van der Waals surface area contributed by atoms with Crippen LogP contribution in [0.2, 0.25) is 0 Å². The topological polar surface area (TPSA) is 52.6 Å². The molecule has 0 spiro atoms. The molecule has 4 nitrogen and oxygen atoms in total. The van der Waals surface area contributed by atoms with Crippen molar-refractivity contribution in [2.24, 2.45) is 0 Å². The summed E-state index contributed by atoms with van der Waals surface area (Å²) in [6.07, 6.45) is 1.18. The molecule has 0 saturated carbocycles. The van der Waals surface area contributed by atoms with Crippen molar-refractivity contribution in [2.75, 3.05) is 19.6 Å². The summed E-state index contributed by atoms with van der Waals surface area (Å²) in [5.41, 5.74) is 0. The van der Waals surface area contributed by atoms with Gasteiger partial charge in [0.25, 0.3) is 0 Å². The van der Waals surface area contributed by atoms with Crippen LogP contribution in [0.5, 0.6) is 0 Å². The van der Waals surface area contributed by atoms with E-state index in [9.17, 15) is 9.90 Å². The highest BCUT2D eigenvalue weighted by atomic mass is 35.5. The molecule has 90 valence electrons. The van der Waals surface area contributed by atoms with E-state index in [2.05, 4.69) is 12.2 Å². The van der Waals surface area contributed by atoms with Crippen molar-refractivity contribution in [3.05, 3.63) is 0 Å². The normalized spacial score (nSPS) is 24.7. The molecule has 0 unspecified atom stereocenters. The van der Waals surface area contributed by atoms with Gasteiger partial charge in [-0.2, -0.15) is 0 Å². The zero-order valence-corrected chi connectivity index (χ0v) is 10.2. The van der Waals surface area contributed by atoms with E-state index in [0.717, 1.165) is 19.5 Å². The van der Waals surface area contributed by atoms with Gasteiger partial charge >= 0.3 is 0 Å². The fourth-order valence-corrected chi connectivity index (χ4v) is 1.82. The third kappa shape index (κ3) is 3.97. The van der Waals surface area contributed by atoms with Gasteiger partial charge in [0.15, 0.2) is 0 Å². The van der Waals surface area contributed by atoms with Crippen LogP contribution in [0.4, 0.5) is 0 Å². The maximum Gasteiger partial charge on any atom is 0.239 e. The molecule has 1 aliphatic rings. The highest BCUT2D eigenvalue weighted by Gasteiger charge is 2.30. The molecule has 1 heterocycles. The van der Waals surface area contributed by atoms with Crippen LogP contribution in [0.15, 0.2) is 0 Å². The molecule has 0 aromatic carbocycles. The quantitative estimate of drug-likeness (QED) is 0.743. The van der Waals surface area contributed by atoms with Gasteiger partial charge in [-0.05, 0) is 19.8 Å².